The van der Waals surface area contributed by atoms with E-state index in [4.69, 9.17) is 10.5 Å². The van der Waals surface area contributed by atoms with Crippen molar-refractivity contribution in [1.29, 1.82) is 0 Å². The molecule has 2 aromatic rings. The van der Waals surface area contributed by atoms with E-state index < -0.39 is 0 Å². The van der Waals surface area contributed by atoms with Gasteiger partial charge in [-0.2, -0.15) is 0 Å². The molecule has 17 heavy (non-hydrogen) atoms. The molecule has 0 spiro atoms. The number of rotatable bonds is 3. The first-order valence-electron chi connectivity index (χ1n) is 5.37. The van der Waals surface area contributed by atoms with E-state index >= 15 is 0 Å². The highest BCUT2D eigenvalue weighted by atomic mass is 32.2. The summed E-state index contributed by atoms with van der Waals surface area (Å²) >= 11 is 1.63. The number of hydrogen-bond donors (Lipinski definition) is 1. The summed E-state index contributed by atoms with van der Waals surface area (Å²) in [6.45, 7) is 2.07. The Morgan fingerprint density at radius 1 is 1.06 bits per heavy atom. The molecule has 0 fully saturated rings. The van der Waals surface area contributed by atoms with Crippen molar-refractivity contribution in [2.45, 2.75) is 16.7 Å². The molecule has 0 aliphatic carbocycles. The van der Waals surface area contributed by atoms with Crippen molar-refractivity contribution in [1.82, 2.24) is 0 Å². The molecule has 2 aromatic carbocycles. The highest BCUT2D eigenvalue weighted by Crippen LogP contribution is 2.37. The first-order valence-corrected chi connectivity index (χ1v) is 6.19. The van der Waals surface area contributed by atoms with Crippen molar-refractivity contribution >= 4 is 17.4 Å². The lowest BCUT2D eigenvalue weighted by Crippen LogP contribution is -1.90. The highest BCUT2D eigenvalue weighted by molar-refractivity contribution is 7.99. The van der Waals surface area contributed by atoms with Gasteiger partial charge in [0, 0.05) is 10.6 Å². The van der Waals surface area contributed by atoms with Crippen LogP contribution in [0.15, 0.2) is 52.3 Å². The minimum absolute atomic E-state index is 0.793. The normalized spacial score (nSPS) is 10.2. The predicted octanol–water partition coefficient (Wildman–Crippen LogP) is 3.74. The molecule has 0 radical (unpaired) electrons. The standard InChI is InChI=1S/C14H15NOS/c1-10-7-8-12(16-2)14(9-10)17-13-6-4-3-5-11(13)15/h3-9H,15H2,1-2H3. The van der Waals surface area contributed by atoms with Crippen LogP contribution in [0.1, 0.15) is 5.56 Å². The van der Waals surface area contributed by atoms with Gasteiger partial charge in [0.2, 0.25) is 0 Å². The van der Waals surface area contributed by atoms with Crippen LogP contribution in [0.2, 0.25) is 0 Å². The molecule has 0 atom stereocenters. The van der Waals surface area contributed by atoms with Crippen molar-refractivity contribution in [2.24, 2.45) is 0 Å². The van der Waals surface area contributed by atoms with E-state index in [2.05, 4.69) is 13.0 Å². The summed E-state index contributed by atoms with van der Waals surface area (Å²) in [4.78, 5) is 2.14. The second-order valence-electron chi connectivity index (χ2n) is 3.79. The molecule has 2 N–H and O–H groups in total. The average Bonchev–Trinajstić information content (AvgIpc) is 2.32. The number of para-hydroxylation sites is 1. The third kappa shape index (κ3) is 2.74. The molecule has 0 saturated heterocycles. The quantitative estimate of drug-likeness (QED) is 0.837. The van der Waals surface area contributed by atoms with E-state index in [1.54, 1.807) is 18.9 Å². The van der Waals surface area contributed by atoms with Gasteiger partial charge < -0.3 is 10.5 Å². The molecule has 2 rings (SSSR count). The van der Waals surface area contributed by atoms with Gasteiger partial charge in [0.05, 0.1) is 12.0 Å². The average molecular weight is 245 g/mol. The van der Waals surface area contributed by atoms with E-state index in [0.29, 0.717) is 0 Å². The molecular formula is C14H15NOS. The summed E-state index contributed by atoms with van der Waals surface area (Å²) in [5, 5.41) is 0. The van der Waals surface area contributed by atoms with Crippen LogP contribution in [-0.4, -0.2) is 7.11 Å². The topological polar surface area (TPSA) is 35.2 Å². The van der Waals surface area contributed by atoms with Crippen molar-refractivity contribution < 1.29 is 4.74 Å². The van der Waals surface area contributed by atoms with Gasteiger partial charge in [-0.25, -0.2) is 0 Å². The van der Waals surface area contributed by atoms with Crippen LogP contribution in [-0.2, 0) is 0 Å². The van der Waals surface area contributed by atoms with Crippen LogP contribution in [0.5, 0.6) is 5.75 Å². The number of anilines is 1. The lowest BCUT2D eigenvalue weighted by Gasteiger charge is -2.10. The highest BCUT2D eigenvalue weighted by Gasteiger charge is 2.07. The maximum atomic E-state index is 5.94. The fourth-order valence-corrected chi connectivity index (χ4v) is 2.62. The number of hydrogen-bond acceptors (Lipinski definition) is 3. The molecule has 0 aromatic heterocycles. The van der Waals surface area contributed by atoms with Gasteiger partial charge in [-0.15, -0.1) is 0 Å². The molecule has 0 bridgehead atoms. The zero-order valence-electron chi connectivity index (χ0n) is 9.94. The maximum Gasteiger partial charge on any atom is 0.132 e. The molecule has 0 unspecified atom stereocenters. The van der Waals surface area contributed by atoms with Crippen LogP contribution in [0, 0.1) is 6.92 Å². The molecule has 3 heteroatoms. The number of aryl methyl sites for hydroxylation is 1. The SMILES string of the molecule is COc1ccc(C)cc1Sc1ccccc1N. The van der Waals surface area contributed by atoms with Gasteiger partial charge >= 0.3 is 0 Å². The summed E-state index contributed by atoms with van der Waals surface area (Å²) < 4.78 is 5.35. The lowest BCUT2D eigenvalue weighted by molar-refractivity contribution is 0.404. The van der Waals surface area contributed by atoms with Gasteiger partial charge in [-0.3, -0.25) is 0 Å². The first kappa shape index (κ1) is 11.9. The Kier molecular flexibility index (Phi) is 3.59. The number of nitrogen functional groups attached to an aromatic ring is 1. The number of ether oxygens (including phenoxy) is 1. The van der Waals surface area contributed by atoms with E-state index in [0.717, 1.165) is 21.2 Å². The monoisotopic (exact) mass is 245 g/mol. The molecule has 0 heterocycles. The van der Waals surface area contributed by atoms with Gasteiger partial charge in [-0.05, 0) is 36.8 Å². The molecule has 0 saturated carbocycles. The molecule has 0 aliphatic heterocycles. The zero-order valence-corrected chi connectivity index (χ0v) is 10.8. The summed E-state index contributed by atoms with van der Waals surface area (Å²) in [7, 11) is 1.68. The van der Waals surface area contributed by atoms with E-state index in [1.807, 2.05) is 36.4 Å². The lowest BCUT2D eigenvalue weighted by atomic mass is 10.2. The maximum absolute atomic E-state index is 5.94. The van der Waals surface area contributed by atoms with Crippen molar-refractivity contribution in [3.8, 4) is 5.75 Å². The summed E-state index contributed by atoms with van der Waals surface area (Å²) in [5.74, 6) is 0.879. The number of methoxy groups -OCH3 is 1. The molecule has 0 amide bonds. The Morgan fingerprint density at radius 2 is 1.82 bits per heavy atom. The molecule has 2 nitrogen and oxygen atoms in total. The summed E-state index contributed by atoms with van der Waals surface area (Å²) in [5.41, 5.74) is 7.94. The number of benzene rings is 2. The molecule has 0 aliphatic rings. The van der Waals surface area contributed by atoms with Gasteiger partial charge in [0.1, 0.15) is 5.75 Å². The van der Waals surface area contributed by atoms with Crippen LogP contribution >= 0.6 is 11.8 Å². The molecule has 88 valence electrons. The summed E-state index contributed by atoms with van der Waals surface area (Å²) in [6, 6.07) is 14.0. The van der Waals surface area contributed by atoms with Crippen molar-refractivity contribution in [2.75, 3.05) is 12.8 Å². The Balaban J connectivity index is 2.35. The van der Waals surface area contributed by atoms with Crippen LogP contribution < -0.4 is 10.5 Å². The third-order valence-electron chi connectivity index (χ3n) is 2.46. The summed E-state index contributed by atoms with van der Waals surface area (Å²) in [6.07, 6.45) is 0. The third-order valence-corrected chi connectivity index (χ3v) is 3.59. The second-order valence-corrected chi connectivity index (χ2v) is 4.88. The van der Waals surface area contributed by atoms with Crippen molar-refractivity contribution in [3.05, 3.63) is 48.0 Å². The van der Waals surface area contributed by atoms with Gasteiger partial charge in [-0.1, -0.05) is 30.0 Å². The van der Waals surface area contributed by atoms with Crippen molar-refractivity contribution in [3.63, 3.8) is 0 Å². The Hall–Kier alpha value is -1.61. The fraction of sp³-hybridized carbons (Fsp3) is 0.143. The van der Waals surface area contributed by atoms with E-state index in [9.17, 15) is 0 Å². The fourth-order valence-electron chi connectivity index (χ4n) is 1.56. The predicted molar refractivity (Wildman–Crippen MR) is 72.7 cm³/mol. The smallest absolute Gasteiger partial charge is 0.132 e. The Morgan fingerprint density at radius 3 is 2.53 bits per heavy atom. The van der Waals surface area contributed by atoms with Crippen LogP contribution in [0.3, 0.4) is 0 Å². The number of nitrogens with two attached hydrogens (primary N) is 1. The van der Waals surface area contributed by atoms with E-state index in [1.165, 1.54) is 5.56 Å². The van der Waals surface area contributed by atoms with E-state index in [-0.39, 0.29) is 0 Å². The zero-order chi connectivity index (χ0) is 12.3. The Bertz CT molecular complexity index is 525. The Labute approximate surface area is 106 Å². The first-order chi connectivity index (χ1) is 8.20. The minimum atomic E-state index is 0.793. The largest absolute Gasteiger partial charge is 0.496 e. The second kappa shape index (κ2) is 5.15. The van der Waals surface area contributed by atoms with Gasteiger partial charge in [0.25, 0.3) is 0 Å². The van der Waals surface area contributed by atoms with Crippen LogP contribution in [0.25, 0.3) is 0 Å². The molecular weight excluding hydrogens is 230 g/mol. The minimum Gasteiger partial charge on any atom is -0.496 e. The van der Waals surface area contributed by atoms with Gasteiger partial charge in [0.15, 0.2) is 0 Å². The van der Waals surface area contributed by atoms with Crippen LogP contribution in [0.4, 0.5) is 5.69 Å².